The molecule has 0 aliphatic carbocycles. The second kappa shape index (κ2) is 9.97. The van der Waals surface area contributed by atoms with Gasteiger partial charge >= 0.3 is 0 Å². The lowest BCUT2D eigenvalue weighted by molar-refractivity contribution is -0.113. The van der Waals surface area contributed by atoms with Crippen LogP contribution in [0.1, 0.15) is 20.9 Å². The van der Waals surface area contributed by atoms with Gasteiger partial charge in [-0.2, -0.15) is 0 Å². The molecule has 0 aliphatic rings. The Morgan fingerprint density at radius 3 is 2.50 bits per heavy atom. The zero-order chi connectivity index (χ0) is 22.5. The van der Waals surface area contributed by atoms with Crippen LogP contribution in [-0.4, -0.2) is 34.5 Å². The average Bonchev–Trinajstić information content (AvgIpc) is 3.21. The Morgan fingerprint density at radius 1 is 1.00 bits per heavy atom. The Bertz CT molecular complexity index is 1220. The highest BCUT2D eigenvalue weighted by Gasteiger charge is 2.18. The largest absolute Gasteiger partial charge is 0.335 e. The number of rotatable bonds is 7. The number of nitrogens with zero attached hydrogens (tertiary/aromatic N) is 2. The third kappa shape index (κ3) is 5.36. The molecule has 0 atom stereocenters. The second-order valence-electron chi connectivity index (χ2n) is 7.44. The Balaban J connectivity index is 1.40. The monoisotopic (exact) mass is 461 g/mol. The first-order valence-corrected chi connectivity index (χ1v) is 12.0. The Hall–Kier alpha value is -3.16. The number of anilines is 1. The molecule has 0 aliphatic heterocycles. The molecule has 0 radical (unpaired) electrons. The van der Waals surface area contributed by atoms with Crippen molar-refractivity contribution in [3.63, 3.8) is 0 Å². The van der Waals surface area contributed by atoms with Gasteiger partial charge in [-0.15, -0.1) is 23.1 Å². The summed E-state index contributed by atoms with van der Waals surface area (Å²) in [6.07, 6.45) is 0. The van der Waals surface area contributed by atoms with Gasteiger partial charge < -0.3 is 10.2 Å². The molecule has 0 fully saturated rings. The number of aryl methyl sites for hydroxylation is 1. The number of para-hydroxylation sites is 1. The number of hydrogen-bond donors (Lipinski definition) is 1. The predicted octanol–water partition coefficient (Wildman–Crippen LogP) is 5.61. The van der Waals surface area contributed by atoms with Crippen LogP contribution in [0.15, 0.2) is 77.7 Å². The van der Waals surface area contributed by atoms with Crippen molar-refractivity contribution in [1.29, 1.82) is 0 Å². The first-order valence-electron chi connectivity index (χ1n) is 10.2. The summed E-state index contributed by atoms with van der Waals surface area (Å²) < 4.78 is 1.11. The van der Waals surface area contributed by atoms with Crippen LogP contribution in [0.2, 0.25) is 0 Å². The molecule has 3 aromatic carbocycles. The number of carbonyl (C=O) groups excluding carboxylic acids is 2. The standard InChI is InChI=1S/C25H23N3O2S2/c1-17-11-13-18(14-12-17)26-23(29)16-31-21-9-5-3-7-19(21)25(30)28(2)15-24-27-20-8-4-6-10-22(20)32-24/h3-14H,15-16H2,1-2H3,(H,26,29). The molecule has 32 heavy (non-hydrogen) atoms. The molecule has 0 bridgehead atoms. The molecule has 0 saturated carbocycles. The molecule has 1 N–H and O–H groups in total. The predicted molar refractivity (Wildman–Crippen MR) is 132 cm³/mol. The number of aromatic nitrogens is 1. The van der Waals surface area contributed by atoms with Gasteiger partial charge in [0.2, 0.25) is 5.91 Å². The van der Waals surface area contributed by atoms with E-state index in [2.05, 4.69) is 10.3 Å². The number of thioether (sulfide) groups is 1. The maximum absolute atomic E-state index is 13.1. The van der Waals surface area contributed by atoms with E-state index in [0.29, 0.717) is 12.1 Å². The fourth-order valence-electron chi connectivity index (χ4n) is 3.21. The molecule has 2 amide bonds. The van der Waals surface area contributed by atoms with Crippen molar-refractivity contribution in [2.45, 2.75) is 18.4 Å². The first kappa shape index (κ1) is 22.0. The third-order valence-corrected chi connectivity index (χ3v) is 6.96. The van der Waals surface area contributed by atoms with Crippen molar-refractivity contribution in [1.82, 2.24) is 9.88 Å². The fraction of sp³-hybridized carbons (Fsp3) is 0.160. The smallest absolute Gasteiger partial charge is 0.255 e. The topological polar surface area (TPSA) is 62.3 Å². The molecule has 4 rings (SSSR count). The van der Waals surface area contributed by atoms with Crippen LogP contribution in [0.25, 0.3) is 10.2 Å². The van der Waals surface area contributed by atoms with Crippen LogP contribution >= 0.6 is 23.1 Å². The summed E-state index contributed by atoms with van der Waals surface area (Å²) in [5.74, 6) is 0.0231. The summed E-state index contributed by atoms with van der Waals surface area (Å²) in [5.41, 5.74) is 3.44. The minimum Gasteiger partial charge on any atom is -0.335 e. The molecular formula is C25H23N3O2S2. The number of amides is 2. The highest BCUT2D eigenvalue weighted by molar-refractivity contribution is 8.00. The average molecular weight is 462 g/mol. The molecule has 1 aromatic heterocycles. The number of hydrogen-bond acceptors (Lipinski definition) is 5. The van der Waals surface area contributed by atoms with E-state index in [1.54, 1.807) is 29.4 Å². The zero-order valence-electron chi connectivity index (χ0n) is 17.9. The van der Waals surface area contributed by atoms with Crippen LogP contribution in [-0.2, 0) is 11.3 Å². The van der Waals surface area contributed by atoms with Gasteiger partial charge in [0.15, 0.2) is 0 Å². The van der Waals surface area contributed by atoms with Crippen LogP contribution < -0.4 is 5.32 Å². The summed E-state index contributed by atoms with van der Waals surface area (Å²) >= 11 is 2.96. The second-order valence-corrected chi connectivity index (χ2v) is 9.57. The summed E-state index contributed by atoms with van der Waals surface area (Å²) in [6, 6.07) is 23.0. The van der Waals surface area contributed by atoms with Crippen LogP contribution in [0.5, 0.6) is 0 Å². The van der Waals surface area contributed by atoms with E-state index in [1.807, 2.05) is 73.7 Å². The summed E-state index contributed by atoms with van der Waals surface area (Å²) in [5, 5.41) is 3.79. The third-order valence-electron chi connectivity index (χ3n) is 4.87. The van der Waals surface area contributed by atoms with Crippen LogP contribution in [0, 0.1) is 6.92 Å². The van der Waals surface area contributed by atoms with E-state index in [4.69, 9.17) is 0 Å². The van der Waals surface area contributed by atoms with Crippen molar-refractivity contribution in [2.24, 2.45) is 0 Å². The fourth-order valence-corrected chi connectivity index (χ4v) is 5.08. The molecule has 7 heteroatoms. The SMILES string of the molecule is Cc1ccc(NC(=O)CSc2ccccc2C(=O)N(C)Cc2nc3ccccc3s2)cc1. The molecule has 0 unspecified atom stereocenters. The van der Waals surface area contributed by atoms with E-state index in [9.17, 15) is 9.59 Å². The Morgan fingerprint density at radius 2 is 1.72 bits per heavy atom. The summed E-state index contributed by atoms with van der Waals surface area (Å²) in [6.45, 7) is 2.44. The number of nitrogens with one attached hydrogen (secondary N) is 1. The molecule has 5 nitrogen and oxygen atoms in total. The van der Waals surface area contributed by atoms with Crippen molar-refractivity contribution >= 4 is 50.8 Å². The number of benzene rings is 3. The van der Waals surface area contributed by atoms with E-state index < -0.39 is 0 Å². The van der Waals surface area contributed by atoms with Crippen molar-refractivity contribution in [3.8, 4) is 0 Å². The molecule has 1 heterocycles. The van der Waals surface area contributed by atoms with E-state index >= 15 is 0 Å². The zero-order valence-corrected chi connectivity index (χ0v) is 19.5. The van der Waals surface area contributed by atoms with Crippen molar-refractivity contribution in [3.05, 3.63) is 88.9 Å². The van der Waals surface area contributed by atoms with E-state index in [-0.39, 0.29) is 17.6 Å². The number of thiazole rings is 1. The maximum Gasteiger partial charge on any atom is 0.255 e. The quantitative estimate of drug-likeness (QED) is 0.364. The van der Waals surface area contributed by atoms with Gasteiger partial charge in [-0.25, -0.2) is 4.98 Å². The van der Waals surface area contributed by atoms with Gasteiger partial charge in [0, 0.05) is 17.6 Å². The minimum atomic E-state index is -0.107. The highest BCUT2D eigenvalue weighted by atomic mass is 32.2. The molecule has 0 saturated heterocycles. The number of fused-ring (bicyclic) bond motifs is 1. The lowest BCUT2D eigenvalue weighted by atomic mass is 10.2. The highest BCUT2D eigenvalue weighted by Crippen LogP contribution is 2.26. The van der Waals surface area contributed by atoms with Crippen molar-refractivity contribution in [2.75, 3.05) is 18.1 Å². The Kier molecular flexibility index (Phi) is 6.87. The molecular weight excluding hydrogens is 438 g/mol. The van der Waals surface area contributed by atoms with E-state index in [0.717, 1.165) is 31.4 Å². The van der Waals surface area contributed by atoms with Gasteiger partial charge in [-0.05, 0) is 43.3 Å². The van der Waals surface area contributed by atoms with Crippen molar-refractivity contribution < 1.29 is 9.59 Å². The molecule has 4 aromatic rings. The van der Waals surface area contributed by atoms with Crippen LogP contribution in [0.4, 0.5) is 5.69 Å². The van der Waals surface area contributed by atoms with Crippen LogP contribution in [0.3, 0.4) is 0 Å². The lowest BCUT2D eigenvalue weighted by Gasteiger charge is -2.17. The minimum absolute atomic E-state index is 0.0914. The van der Waals surface area contributed by atoms with Gasteiger partial charge in [0.1, 0.15) is 5.01 Å². The normalized spacial score (nSPS) is 10.8. The Labute approximate surface area is 195 Å². The summed E-state index contributed by atoms with van der Waals surface area (Å²) in [4.78, 5) is 32.6. The van der Waals surface area contributed by atoms with Gasteiger partial charge in [0.05, 0.1) is 28.1 Å². The number of carbonyl (C=O) groups is 2. The lowest BCUT2D eigenvalue weighted by Crippen LogP contribution is -2.26. The summed E-state index contributed by atoms with van der Waals surface area (Å²) in [7, 11) is 1.78. The first-order chi connectivity index (χ1) is 15.5. The van der Waals surface area contributed by atoms with E-state index in [1.165, 1.54) is 11.8 Å². The molecule has 162 valence electrons. The van der Waals surface area contributed by atoms with Gasteiger partial charge in [-0.1, -0.05) is 42.0 Å². The van der Waals surface area contributed by atoms with Gasteiger partial charge in [0.25, 0.3) is 5.91 Å². The maximum atomic E-state index is 13.1. The van der Waals surface area contributed by atoms with Gasteiger partial charge in [-0.3, -0.25) is 9.59 Å². The molecule has 0 spiro atoms.